The number of methoxy groups -OCH3 is 1. The van der Waals surface area contributed by atoms with Crippen LogP contribution in [0.15, 0.2) is 22.7 Å². The van der Waals surface area contributed by atoms with Gasteiger partial charge in [-0.25, -0.2) is 0 Å². The number of halogens is 1. The van der Waals surface area contributed by atoms with Crippen LogP contribution < -0.4 is 10.1 Å². The van der Waals surface area contributed by atoms with Gasteiger partial charge in [-0.15, -0.1) is 0 Å². The topological polar surface area (TPSA) is 21.3 Å². The van der Waals surface area contributed by atoms with Gasteiger partial charge in [0.25, 0.3) is 0 Å². The number of ether oxygens (including phenoxy) is 1. The highest BCUT2D eigenvalue weighted by Gasteiger charge is 2.31. The number of rotatable bonds is 7. The molecule has 0 saturated heterocycles. The maximum Gasteiger partial charge on any atom is 0.119 e. The smallest absolute Gasteiger partial charge is 0.119 e. The molecule has 1 N–H and O–H groups in total. The maximum atomic E-state index is 5.31. The Morgan fingerprint density at radius 1 is 1.44 bits per heavy atom. The van der Waals surface area contributed by atoms with Crippen LogP contribution in [0.1, 0.15) is 31.7 Å². The van der Waals surface area contributed by atoms with Gasteiger partial charge in [-0.05, 0) is 61.9 Å². The first-order valence-electron chi connectivity index (χ1n) is 6.80. The Kier molecular flexibility index (Phi) is 5.07. The fourth-order valence-corrected chi connectivity index (χ4v) is 2.71. The fraction of sp³-hybridized carbons (Fsp3) is 0.600. The summed E-state index contributed by atoms with van der Waals surface area (Å²) in [6, 6.07) is 6.85. The highest BCUT2D eigenvalue weighted by Crippen LogP contribution is 2.35. The van der Waals surface area contributed by atoms with Crippen molar-refractivity contribution in [1.29, 1.82) is 0 Å². The van der Waals surface area contributed by atoms with Gasteiger partial charge in [-0.1, -0.05) is 22.9 Å². The molecule has 0 aromatic heterocycles. The molecule has 1 fully saturated rings. The summed E-state index contributed by atoms with van der Waals surface area (Å²) in [6.45, 7) is 3.33. The summed E-state index contributed by atoms with van der Waals surface area (Å²) in [4.78, 5) is 0. The van der Waals surface area contributed by atoms with Crippen molar-refractivity contribution in [2.45, 2.75) is 38.6 Å². The first-order valence-corrected chi connectivity index (χ1v) is 7.59. The number of nitrogens with one attached hydrogen (secondary N) is 1. The Bertz CT molecular complexity index is 390. The van der Waals surface area contributed by atoms with Crippen molar-refractivity contribution in [1.82, 2.24) is 5.32 Å². The van der Waals surface area contributed by atoms with Crippen LogP contribution in [0, 0.1) is 5.92 Å². The molecular weight excluding hydrogens is 290 g/mol. The lowest BCUT2D eigenvalue weighted by molar-refractivity contribution is 0.412. The largest absolute Gasteiger partial charge is 0.497 e. The van der Waals surface area contributed by atoms with Crippen molar-refractivity contribution in [2.75, 3.05) is 13.7 Å². The first-order chi connectivity index (χ1) is 8.74. The molecule has 0 bridgehead atoms. The van der Waals surface area contributed by atoms with E-state index in [2.05, 4.69) is 40.3 Å². The molecule has 1 unspecified atom stereocenters. The van der Waals surface area contributed by atoms with Gasteiger partial charge < -0.3 is 10.1 Å². The molecule has 18 heavy (non-hydrogen) atoms. The third kappa shape index (κ3) is 3.72. The highest BCUT2D eigenvalue weighted by atomic mass is 79.9. The summed E-state index contributed by atoms with van der Waals surface area (Å²) in [5.41, 5.74) is 1.34. The fourth-order valence-electron chi connectivity index (χ4n) is 2.31. The Hall–Kier alpha value is -0.540. The van der Waals surface area contributed by atoms with Crippen LogP contribution in [0.25, 0.3) is 0 Å². The second-order valence-corrected chi connectivity index (χ2v) is 5.91. The molecule has 0 amide bonds. The van der Waals surface area contributed by atoms with E-state index in [1.807, 2.05) is 6.07 Å². The zero-order chi connectivity index (χ0) is 13.0. The van der Waals surface area contributed by atoms with E-state index in [0.29, 0.717) is 6.04 Å². The zero-order valence-corrected chi connectivity index (χ0v) is 12.8. The molecule has 1 aliphatic rings. The molecule has 1 aliphatic carbocycles. The molecule has 0 aliphatic heterocycles. The molecule has 2 nitrogen and oxygen atoms in total. The third-order valence-electron chi connectivity index (χ3n) is 3.54. The summed E-state index contributed by atoms with van der Waals surface area (Å²) in [5.74, 6) is 1.81. The molecule has 1 aromatic rings. The van der Waals surface area contributed by atoms with E-state index in [1.54, 1.807) is 7.11 Å². The minimum Gasteiger partial charge on any atom is -0.497 e. The van der Waals surface area contributed by atoms with Crippen LogP contribution in [0.2, 0.25) is 0 Å². The first kappa shape index (κ1) is 13.9. The van der Waals surface area contributed by atoms with E-state index >= 15 is 0 Å². The molecule has 0 radical (unpaired) electrons. The standard InChI is InChI=1S/C15H22BrNO/c1-3-8-17-15(11-4-5-11)10-12-9-13(18-2)6-7-14(12)16/h6-7,9,11,15,17H,3-5,8,10H2,1-2H3. The van der Waals surface area contributed by atoms with E-state index in [-0.39, 0.29) is 0 Å². The highest BCUT2D eigenvalue weighted by molar-refractivity contribution is 9.10. The predicted molar refractivity (Wildman–Crippen MR) is 79.2 cm³/mol. The lowest BCUT2D eigenvalue weighted by Gasteiger charge is -2.19. The quantitative estimate of drug-likeness (QED) is 0.827. The van der Waals surface area contributed by atoms with Crippen LogP contribution in [-0.4, -0.2) is 19.7 Å². The Balaban J connectivity index is 2.05. The molecular formula is C15H22BrNO. The van der Waals surface area contributed by atoms with Gasteiger partial charge >= 0.3 is 0 Å². The molecule has 3 heteroatoms. The van der Waals surface area contributed by atoms with E-state index < -0.39 is 0 Å². The minimum atomic E-state index is 0.619. The second kappa shape index (κ2) is 6.58. The van der Waals surface area contributed by atoms with Gasteiger partial charge in [0, 0.05) is 10.5 Å². The molecule has 0 heterocycles. The molecule has 1 aromatic carbocycles. The van der Waals surface area contributed by atoms with Crippen molar-refractivity contribution in [3.8, 4) is 5.75 Å². The summed E-state index contributed by atoms with van der Waals surface area (Å²) < 4.78 is 6.49. The monoisotopic (exact) mass is 311 g/mol. The van der Waals surface area contributed by atoms with Crippen molar-refractivity contribution >= 4 is 15.9 Å². The minimum absolute atomic E-state index is 0.619. The molecule has 2 rings (SSSR count). The van der Waals surface area contributed by atoms with Gasteiger partial charge in [0.1, 0.15) is 5.75 Å². The van der Waals surface area contributed by atoms with Crippen molar-refractivity contribution < 1.29 is 4.74 Å². The molecule has 1 saturated carbocycles. The average molecular weight is 312 g/mol. The molecule has 0 spiro atoms. The van der Waals surface area contributed by atoms with Crippen LogP contribution >= 0.6 is 15.9 Å². The summed E-state index contributed by atoms with van der Waals surface area (Å²) in [7, 11) is 1.72. The van der Waals surface area contributed by atoms with E-state index in [9.17, 15) is 0 Å². The van der Waals surface area contributed by atoms with Crippen LogP contribution in [0.4, 0.5) is 0 Å². The molecule has 1 atom stereocenters. The number of hydrogen-bond acceptors (Lipinski definition) is 2. The normalized spacial score (nSPS) is 16.6. The zero-order valence-electron chi connectivity index (χ0n) is 11.2. The number of hydrogen-bond donors (Lipinski definition) is 1. The van der Waals surface area contributed by atoms with Crippen LogP contribution in [0.3, 0.4) is 0 Å². The Labute approximate surface area is 118 Å². The van der Waals surface area contributed by atoms with Crippen molar-refractivity contribution in [3.05, 3.63) is 28.2 Å². The predicted octanol–water partition coefficient (Wildman–Crippen LogP) is 3.78. The van der Waals surface area contributed by atoms with Crippen molar-refractivity contribution in [3.63, 3.8) is 0 Å². The van der Waals surface area contributed by atoms with E-state index in [1.165, 1.54) is 29.3 Å². The average Bonchev–Trinajstić information content (AvgIpc) is 3.21. The SMILES string of the molecule is CCCNC(Cc1cc(OC)ccc1Br)C1CC1. The summed E-state index contributed by atoms with van der Waals surface area (Å²) in [6.07, 6.45) is 5.04. The van der Waals surface area contributed by atoms with Gasteiger partial charge in [0.15, 0.2) is 0 Å². The third-order valence-corrected chi connectivity index (χ3v) is 4.31. The second-order valence-electron chi connectivity index (χ2n) is 5.06. The van der Waals surface area contributed by atoms with Crippen molar-refractivity contribution in [2.24, 2.45) is 5.92 Å². The summed E-state index contributed by atoms with van der Waals surface area (Å²) >= 11 is 3.64. The lowest BCUT2D eigenvalue weighted by atomic mass is 10.0. The van der Waals surface area contributed by atoms with Gasteiger partial charge in [0.2, 0.25) is 0 Å². The van der Waals surface area contributed by atoms with E-state index in [4.69, 9.17) is 4.74 Å². The molecule has 100 valence electrons. The Morgan fingerprint density at radius 3 is 2.83 bits per heavy atom. The van der Waals surface area contributed by atoms with Gasteiger partial charge in [0.05, 0.1) is 7.11 Å². The Morgan fingerprint density at radius 2 is 2.22 bits per heavy atom. The van der Waals surface area contributed by atoms with Gasteiger partial charge in [-0.3, -0.25) is 0 Å². The van der Waals surface area contributed by atoms with Gasteiger partial charge in [-0.2, -0.15) is 0 Å². The van der Waals surface area contributed by atoms with Crippen LogP contribution in [-0.2, 0) is 6.42 Å². The maximum absolute atomic E-state index is 5.31. The lowest BCUT2D eigenvalue weighted by Crippen LogP contribution is -2.33. The number of benzene rings is 1. The van der Waals surface area contributed by atoms with Crippen LogP contribution in [0.5, 0.6) is 5.75 Å². The van der Waals surface area contributed by atoms with E-state index in [0.717, 1.165) is 24.6 Å². The summed E-state index contributed by atoms with van der Waals surface area (Å²) in [5, 5.41) is 3.68.